The van der Waals surface area contributed by atoms with E-state index in [0.717, 1.165) is 25.0 Å². The van der Waals surface area contributed by atoms with Gasteiger partial charge in [-0.25, -0.2) is 8.42 Å². The van der Waals surface area contributed by atoms with Gasteiger partial charge in [-0.1, -0.05) is 31.0 Å². The normalized spacial score (nSPS) is 11.6. The van der Waals surface area contributed by atoms with Crippen molar-refractivity contribution in [3.05, 3.63) is 30.3 Å². The van der Waals surface area contributed by atoms with E-state index in [-0.39, 0.29) is 6.42 Å². The van der Waals surface area contributed by atoms with Crippen LogP contribution in [-0.2, 0) is 14.8 Å². The standard InChI is InChI=1S/C16H25NO5S/c1-23(20,21)17(12-8-3-2-7-11-16(18)19)13-14-22-15-9-5-4-6-10-15/h4-6,9-10H,2-3,7-8,11-14H2,1H3,(H,18,19). The third-order valence-electron chi connectivity index (χ3n) is 3.37. The fraction of sp³-hybridized carbons (Fsp3) is 0.562. The molecule has 0 unspecified atom stereocenters. The van der Waals surface area contributed by atoms with Crippen LogP contribution in [0, 0.1) is 0 Å². The van der Waals surface area contributed by atoms with E-state index in [4.69, 9.17) is 9.84 Å². The van der Waals surface area contributed by atoms with Gasteiger partial charge in [0.2, 0.25) is 10.0 Å². The van der Waals surface area contributed by atoms with Crippen LogP contribution in [0.5, 0.6) is 5.75 Å². The quantitative estimate of drug-likeness (QED) is 0.589. The molecule has 0 aliphatic carbocycles. The van der Waals surface area contributed by atoms with Crippen LogP contribution in [0.4, 0.5) is 0 Å². The average molecular weight is 343 g/mol. The van der Waals surface area contributed by atoms with Crippen LogP contribution in [0.2, 0.25) is 0 Å². The topological polar surface area (TPSA) is 83.9 Å². The highest BCUT2D eigenvalue weighted by Gasteiger charge is 2.15. The van der Waals surface area contributed by atoms with Crippen LogP contribution in [-0.4, -0.2) is 49.8 Å². The molecule has 7 heteroatoms. The van der Waals surface area contributed by atoms with Crippen molar-refractivity contribution in [2.24, 2.45) is 0 Å². The third kappa shape index (κ3) is 9.20. The Bertz CT molecular complexity index is 559. The second-order valence-electron chi connectivity index (χ2n) is 5.38. The molecule has 1 aromatic carbocycles. The van der Waals surface area contributed by atoms with Crippen molar-refractivity contribution in [2.75, 3.05) is 26.0 Å². The minimum atomic E-state index is -3.27. The van der Waals surface area contributed by atoms with E-state index in [1.54, 1.807) is 0 Å². The number of carbonyl (C=O) groups is 1. The summed E-state index contributed by atoms with van der Waals surface area (Å²) in [5, 5.41) is 8.55. The molecule has 6 nitrogen and oxygen atoms in total. The van der Waals surface area contributed by atoms with Gasteiger partial charge in [-0.3, -0.25) is 4.79 Å². The number of hydrogen-bond acceptors (Lipinski definition) is 4. The van der Waals surface area contributed by atoms with Crippen molar-refractivity contribution >= 4 is 16.0 Å². The monoisotopic (exact) mass is 343 g/mol. The lowest BCUT2D eigenvalue weighted by molar-refractivity contribution is -0.137. The van der Waals surface area contributed by atoms with Gasteiger partial charge in [0, 0.05) is 19.5 Å². The molecule has 0 aromatic heterocycles. The summed E-state index contributed by atoms with van der Waals surface area (Å²) in [6.07, 6.45) is 4.33. The second-order valence-corrected chi connectivity index (χ2v) is 7.36. The molecule has 0 saturated heterocycles. The summed E-state index contributed by atoms with van der Waals surface area (Å²) in [5.74, 6) is -0.0737. The average Bonchev–Trinajstić information content (AvgIpc) is 2.48. The van der Waals surface area contributed by atoms with Crippen molar-refractivity contribution in [1.29, 1.82) is 0 Å². The summed E-state index contributed by atoms with van der Waals surface area (Å²) < 4.78 is 30.5. The maximum Gasteiger partial charge on any atom is 0.303 e. The van der Waals surface area contributed by atoms with Gasteiger partial charge in [-0.15, -0.1) is 0 Å². The van der Waals surface area contributed by atoms with Gasteiger partial charge in [0.25, 0.3) is 0 Å². The molecule has 0 atom stereocenters. The summed E-state index contributed by atoms with van der Waals surface area (Å²) in [6, 6.07) is 9.27. The number of ether oxygens (including phenoxy) is 1. The number of carboxylic acids is 1. The summed E-state index contributed by atoms with van der Waals surface area (Å²) in [6.45, 7) is 1.04. The van der Waals surface area contributed by atoms with E-state index in [9.17, 15) is 13.2 Å². The number of para-hydroxylation sites is 1. The maximum atomic E-state index is 11.8. The Morgan fingerprint density at radius 3 is 2.35 bits per heavy atom. The summed E-state index contributed by atoms with van der Waals surface area (Å²) in [4.78, 5) is 10.4. The first kappa shape index (κ1) is 19.4. The second kappa shape index (κ2) is 10.2. The number of carboxylic acid groups (broad SMARTS) is 1. The minimum Gasteiger partial charge on any atom is -0.492 e. The van der Waals surface area contributed by atoms with Crippen LogP contribution < -0.4 is 4.74 Å². The van der Waals surface area contributed by atoms with Crippen LogP contribution in [0.15, 0.2) is 30.3 Å². The largest absolute Gasteiger partial charge is 0.492 e. The predicted octanol–water partition coefficient (Wildman–Crippen LogP) is 2.36. The highest BCUT2D eigenvalue weighted by Crippen LogP contribution is 2.10. The van der Waals surface area contributed by atoms with Gasteiger partial charge >= 0.3 is 5.97 Å². The molecule has 0 aliphatic heterocycles. The summed E-state index contributed by atoms with van der Waals surface area (Å²) in [5.41, 5.74) is 0. The molecule has 1 aromatic rings. The molecule has 0 bridgehead atoms. The zero-order valence-electron chi connectivity index (χ0n) is 13.5. The van der Waals surface area contributed by atoms with Crippen molar-refractivity contribution in [2.45, 2.75) is 32.1 Å². The number of rotatable bonds is 12. The first-order chi connectivity index (χ1) is 10.9. The fourth-order valence-corrected chi connectivity index (χ4v) is 3.01. The zero-order chi connectivity index (χ0) is 17.1. The maximum absolute atomic E-state index is 11.8. The van der Waals surface area contributed by atoms with Gasteiger partial charge in [0.05, 0.1) is 6.26 Å². The number of benzene rings is 1. The van der Waals surface area contributed by atoms with Crippen molar-refractivity contribution in [1.82, 2.24) is 4.31 Å². The fourth-order valence-electron chi connectivity index (χ4n) is 2.14. The molecule has 0 heterocycles. The molecule has 0 radical (unpaired) electrons. The minimum absolute atomic E-state index is 0.167. The van der Waals surface area contributed by atoms with Crippen LogP contribution in [0.3, 0.4) is 0 Å². The summed E-state index contributed by atoms with van der Waals surface area (Å²) >= 11 is 0. The highest BCUT2D eigenvalue weighted by molar-refractivity contribution is 7.88. The Kier molecular flexibility index (Phi) is 8.65. The Balaban J connectivity index is 2.29. The van der Waals surface area contributed by atoms with Gasteiger partial charge in [-0.2, -0.15) is 4.31 Å². The Labute approximate surface area is 138 Å². The molecule has 0 fully saturated rings. The van der Waals surface area contributed by atoms with E-state index < -0.39 is 16.0 Å². The molecule has 130 valence electrons. The van der Waals surface area contributed by atoms with Gasteiger partial charge < -0.3 is 9.84 Å². The van der Waals surface area contributed by atoms with Gasteiger partial charge in [-0.05, 0) is 25.0 Å². The number of nitrogens with zero attached hydrogens (tertiary/aromatic N) is 1. The molecule has 0 amide bonds. The van der Waals surface area contributed by atoms with Crippen molar-refractivity contribution in [3.63, 3.8) is 0 Å². The first-order valence-electron chi connectivity index (χ1n) is 7.74. The lowest BCUT2D eigenvalue weighted by atomic mass is 10.1. The van der Waals surface area contributed by atoms with Gasteiger partial charge in [0.1, 0.15) is 12.4 Å². The van der Waals surface area contributed by atoms with E-state index in [1.807, 2.05) is 30.3 Å². The Morgan fingerprint density at radius 1 is 1.09 bits per heavy atom. The predicted molar refractivity (Wildman–Crippen MR) is 89.1 cm³/mol. The van der Waals surface area contributed by atoms with Crippen molar-refractivity contribution < 1.29 is 23.1 Å². The SMILES string of the molecule is CS(=O)(=O)N(CCCCCCC(=O)O)CCOc1ccccc1. The van der Waals surface area contributed by atoms with E-state index in [1.165, 1.54) is 10.6 Å². The number of sulfonamides is 1. The zero-order valence-corrected chi connectivity index (χ0v) is 14.3. The Morgan fingerprint density at radius 2 is 1.74 bits per heavy atom. The molecule has 0 spiro atoms. The highest BCUT2D eigenvalue weighted by atomic mass is 32.2. The molecular weight excluding hydrogens is 318 g/mol. The Hall–Kier alpha value is -1.60. The lowest BCUT2D eigenvalue weighted by Crippen LogP contribution is -2.34. The molecule has 0 saturated carbocycles. The molecule has 1 rings (SSSR count). The lowest BCUT2D eigenvalue weighted by Gasteiger charge is -2.20. The van der Waals surface area contributed by atoms with Crippen LogP contribution in [0.25, 0.3) is 0 Å². The number of unbranched alkanes of at least 4 members (excludes halogenated alkanes) is 3. The molecule has 23 heavy (non-hydrogen) atoms. The van der Waals surface area contributed by atoms with E-state index in [2.05, 4.69) is 0 Å². The smallest absolute Gasteiger partial charge is 0.303 e. The first-order valence-corrected chi connectivity index (χ1v) is 9.59. The van der Waals surface area contributed by atoms with Gasteiger partial charge in [0.15, 0.2) is 0 Å². The van der Waals surface area contributed by atoms with Crippen molar-refractivity contribution in [3.8, 4) is 5.75 Å². The van der Waals surface area contributed by atoms with Crippen LogP contribution >= 0.6 is 0 Å². The van der Waals surface area contributed by atoms with E-state index in [0.29, 0.717) is 26.1 Å². The molecule has 1 N–H and O–H groups in total. The number of hydrogen-bond donors (Lipinski definition) is 1. The number of aliphatic carboxylic acids is 1. The molecular formula is C16H25NO5S. The van der Waals surface area contributed by atoms with E-state index >= 15 is 0 Å². The summed E-state index contributed by atoms with van der Waals surface area (Å²) in [7, 11) is -3.27. The van der Waals surface area contributed by atoms with Crippen LogP contribution in [0.1, 0.15) is 32.1 Å². The molecule has 0 aliphatic rings. The third-order valence-corrected chi connectivity index (χ3v) is 4.67.